The number of ketones is 1. The first-order valence-electron chi connectivity index (χ1n) is 9.13. The van der Waals surface area contributed by atoms with E-state index in [9.17, 15) is 9.59 Å². The van der Waals surface area contributed by atoms with E-state index in [1.165, 1.54) is 4.68 Å². The van der Waals surface area contributed by atoms with Crippen LogP contribution in [0.4, 0.5) is 10.5 Å². The zero-order valence-electron chi connectivity index (χ0n) is 16.3. The van der Waals surface area contributed by atoms with Crippen molar-refractivity contribution in [2.75, 3.05) is 11.6 Å². The number of carbonyl (C=O) groups excluding carboxylic acids is 2. The lowest BCUT2D eigenvalue weighted by Gasteiger charge is -2.29. The summed E-state index contributed by atoms with van der Waals surface area (Å²) in [6.07, 6.45) is 5.01. The van der Waals surface area contributed by atoms with Gasteiger partial charge in [0.2, 0.25) is 0 Å². The van der Waals surface area contributed by atoms with Crippen LogP contribution in [0.25, 0.3) is 10.6 Å². The van der Waals surface area contributed by atoms with Gasteiger partial charge in [-0.2, -0.15) is 9.78 Å². The molecule has 1 amide bonds. The summed E-state index contributed by atoms with van der Waals surface area (Å²) in [5.74, 6) is 0.197. The van der Waals surface area contributed by atoms with Crippen LogP contribution in [0, 0.1) is 5.41 Å². The summed E-state index contributed by atoms with van der Waals surface area (Å²) in [6.45, 7) is 4.23. The van der Waals surface area contributed by atoms with E-state index in [2.05, 4.69) is 24.3 Å². The molecular formula is C21H20ClN3O2S2. The summed E-state index contributed by atoms with van der Waals surface area (Å²) >= 11 is 9.06. The number of thiophene rings is 1. The molecular weight excluding hydrogens is 426 g/mol. The Balaban J connectivity index is 1.65. The first-order valence-corrected chi connectivity index (χ1v) is 11.6. The summed E-state index contributed by atoms with van der Waals surface area (Å²) in [4.78, 5) is 26.3. The summed E-state index contributed by atoms with van der Waals surface area (Å²) in [6, 6.07) is 8.37. The Morgan fingerprint density at radius 2 is 1.97 bits per heavy atom. The quantitative estimate of drug-likeness (QED) is 0.486. The monoisotopic (exact) mass is 445 g/mol. The van der Waals surface area contributed by atoms with Crippen molar-refractivity contribution >= 4 is 52.2 Å². The van der Waals surface area contributed by atoms with Crippen molar-refractivity contribution in [3.8, 4) is 10.6 Å². The number of aromatic nitrogens is 2. The molecule has 4 rings (SSSR count). The molecule has 0 aliphatic heterocycles. The fraction of sp³-hybridized carbons (Fsp3) is 0.286. The first kappa shape index (κ1) is 20.2. The highest BCUT2D eigenvalue weighted by atomic mass is 35.5. The average Bonchev–Trinajstić information content (AvgIpc) is 3.27. The Bertz CT molecular complexity index is 1100. The number of thioether (sulfide) groups is 1. The van der Waals surface area contributed by atoms with Crippen molar-refractivity contribution in [2.24, 2.45) is 5.41 Å². The molecule has 0 unspecified atom stereocenters. The summed E-state index contributed by atoms with van der Waals surface area (Å²) in [5.41, 5.74) is 3.18. The Morgan fingerprint density at radius 3 is 2.66 bits per heavy atom. The van der Waals surface area contributed by atoms with E-state index in [0.29, 0.717) is 22.8 Å². The Labute approximate surface area is 182 Å². The number of nitrogens with zero attached hydrogens (tertiary/aromatic N) is 2. The predicted octanol–water partition coefficient (Wildman–Crippen LogP) is 6.22. The largest absolute Gasteiger partial charge is 0.346 e. The lowest BCUT2D eigenvalue weighted by molar-refractivity contribution is 0.0910. The Kier molecular flexibility index (Phi) is 5.31. The standard InChI is InChI=1S/C21H20ClN3O2S2/c1-21(2)10-14-17(16(26)11-21)19(28-3)29-18(14)15-8-9-25(24-15)20(27)23-13-6-4-12(22)5-7-13/h4-9H,10-11H2,1-3H3,(H,23,27). The number of benzene rings is 1. The molecule has 0 radical (unpaired) electrons. The first-order chi connectivity index (χ1) is 13.8. The number of anilines is 1. The second kappa shape index (κ2) is 7.63. The van der Waals surface area contributed by atoms with E-state index in [1.54, 1.807) is 53.6 Å². The number of carbonyl (C=O) groups is 2. The normalized spacial score (nSPS) is 15.2. The summed E-state index contributed by atoms with van der Waals surface area (Å²) in [5, 5.41) is 7.89. The topological polar surface area (TPSA) is 64.0 Å². The molecule has 8 heteroatoms. The highest BCUT2D eigenvalue weighted by molar-refractivity contribution is 8.00. The van der Waals surface area contributed by atoms with Gasteiger partial charge in [-0.25, -0.2) is 4.79 Å². The van der Waals surface area contributed by atoms with E-state index in [4.69, 9.17) is 11.6 Å². The molecule has 0 spiro atoms. The minimum Gasteiger partial charge on any atom is -0.306 e. The van der Waals surface area contributed by atoms with Gasteiger partial charge in [-0.1, -0.05) is 25.4 Å². The van der Waals surface area contributed by atoms with Gasteiger partial charge in [0.05, 0.1) is 9.09 Å². The van der Waals surface area contributed by atoms with Crippen molar-refractivity contribution in [1.29, 1.82) is 0 Å². The second-order valence-corrected chi connectivity index (χ2v) is 10.3. The van der Waals surface area contributed by atoms with E-state index in [1.807, 2.05) is 12.3 Å². The molecule has 2 aromatic heterocycles. The van der Waals surface area contributed by atoms with Gasteiger partial charge >= 0.3 is 6.03 Å². The van der Waals surface area contributed by atoms with E-state index in [-0.39, 0.29) is 17.2 Å². The van der Waals surface area contributed by atoms with Crippen molar-refractivity contribution in [2.45, 2.75) is 30.9 Å². The van der Waals surface area contributed by atoms with Gasteiger partial charge < -0.3 is 5.32 Å². The minimum absolute atomic E-state index is 0.0793. The van der Waals surface area contributed by atoms with Crippen molar-refractivity contribution < 1.29 is 9.59 Å². The van der Waals surface area contributed by atoms with Crippen LogP contribution in [0.2, 0.25) is 5.02 Å². The van der Waals surface area contributed by atoms with Gasteiger partial charge in [-0.05, 0) is 54.0 Å². The lowest BCUT2D eigenvalue weighted by atomic mass is 9.74. The summed E-state index contributed by atoms with van der Waals surface area (Å²) in [7, 11) is 0. The van der Waals surface area contributed by atoms with Crippen LogP contribution in [0.15, 0.2) is 40.7 Å². The molecule has 1 aromatic carbocycles. The number of nitrogens with one attached hydrogen (secondary N) is 1. The van der Waals surface area contributed by atoms with Crippen LogP contribution in [-0.4, -0.2) is 27.9 Å². The van der Waals surface area contributed by atoms with Crippen LogP contribution in [0.1, 0.15) is 36.2 Å². The molecule has 0 fully saturated rings. The van der Waals surface area contributed by atoms with E-state index >= 15 is 0 Å². The third-order valence-electron chi connectivity index (χ3n) is 4.86. The molecule has 0 bridgehead atoms. The van der Waals surface area contributed by atoms with Gasteiger partial charge in [0.25, 0.3) is 0 Å². The van der Waals surface area contributed by atoms with E-state index < -0.39 is 0 Å². The van der Waals surface area contributed by atoms with Gasteiger partial charge in [0.15, 0.2) is 5.78 Å². The maximum atomic E-state index is 12.8. The molecule has 3 aromatic rings. The number of amides is 1. The number of Topliss-reactive ketones (excluding diaryl/α,β-unsaturated/α-hetero) is 1. The van der Waals surface area contributed by atoms with Crippen LogP contribution >= 0.6 is 34.7 Å². The van der Waals surface area contributed by atoms with Gasteiger partial charge in [-0.15, -0.1) is 23.1 Å². The minimum atomic E-state index is -0.356. The van der Waals surface area contributed by atoms with Gasteiger partial charge in [0, 0.05) is 28.9 Å². The molecule has 0 saturated heterocycles. The number of rotatable bonds is 3. The highest BCUT2D eigenvalue weighted by Crippen LogP contribution is 2.47. The predicted molar refractivity (Wildman–Crippen MR) is 120 cm³/mol. The number of hydrogen-bond donors (Lipinski definition) is 1. The molecule has 2 heterocycles. The lowest BCUT2D eigenvalue weighted by Crippen LogP contribution is -2.26. The third kappa shape index (κ3) is 3.99. The van der Waals surface area contributed by atoms with Crippen molar-refractivity contribution in [3.05, 3.63) is 52.7 Å². The zero-order valence-corrected chi connectivity index (χ0v) is 18.7. The Hall–Kier alpha value is -2.09. The molecule has 0 atom stereocenters. The number of halogens is 1. The van der Waals surface area contributed by atoms with Crippen LogP contribution < -0.4 is 5.32 Å². The zero-order chi connectivity index (χ0) is 20.8. The van der Waals surface area contributed by atoms with Crippen LogP contribution in [-0.2, 0) is 6.42 Å². The maximum absolute atomic E-state index is 12.8. The molecule has 0 saturated carbocycles. The maximum Gasteiger partial charge on any atom is 0.346 e. The number of fused-ring (bicyclic) bond motifs is 1. The SMILES string of the molecule is CSc1sc(-c2ccn(C(=O)Nc3ccc(Cl)cc3)n2)c2c1C(=O)CC(C)(C)C2. The molecule has 150 valence electrons. The smallest absolute Gasteiger partial charge is 0.306 e. The molecule has 1 aliphatic rings. The molecule has 1 aliphatic carbocycles. The van der Waals surface area contributed by atoms with Gasteiger partial charge in [-0.3, -0.25) is 4.79 Å². The van der Waals surface area contributed by atoms with Gasteiger partial charge in [0.1, 0.15) is 5.69 Å². The summed E-state index contributed by atoms with van der Waals surface area (Å²) < 4.78 is 2.31. The number of hydrogen-bond acceptors (Lipinski definition) is 5. The molecule has 29 heavy (non-hydrogen) atoms. The molecule has 5 nitrogen and oxygen atoms in total. The Morgan fingerprint density at radius 1 is 1.24 bits per heavy atom. The van der Waals surface area contributed by atoms with Crippen molar-refractivity contribution in [3.63, 3.8) is 0 Å². The molecule has 1 N–H and O–H groups in total. The second-order valence-electron chi connectivity index (χ2n) is 7.80. The fourth-order valence-corrected chi connectivity index (χ4v) is 5.77. The van der Waals surface area contributed by atoms with Crippen molar-refractivity contribution in [1.82, 2.24) is 9.78 Å². The van der Waals surface area contributed by atoms with Crippen LogP contribution in [0.5, 0.6) is 0 Å². The van der Waals surface area contributed by atoms with E-state index in [0.717, 1.165) is 26.6 Å². The third-order valence-corrected chi connectivity index (χ3v) is 7.48. The van der Waals surface area contributed by atoms with Crippen LogP contribution in [0.3, 0.4) is 0 Å². The average molecular weight is 446 g/mol. The highest BCUT2D eigenvalue weighted by Gasteiger charge is 2.36. The fourth-order valence-electron chi connectivity index (χ4n) is 3.58.